The van der Waals surface area contributed by atoms with Crippen LogP contribution >= 0.6 is 7.60 Å². The summed E-state index contributed by atoms with van der Waals surface area (Å²) in [6.45, 7) is 5.79. The third kappa shape index (κ3) is 37.4. The highest BCUT2D eigenvalue weighted by atomic mass is 31.2. The number of rotatable bonds is 27. The molecule has 7 nitrogen and oxygen atoms in total. The Morgan fingerprint density at radius 3 is 1.49 bits per heavy atom. The number of unbranched alkanes of at least 4 members (excludes halogenated alkanes) is 14. The number of methoxy groups -OCH3 is 1. The van der Waals surface area contributed by atoms with Crippen molar-refractivity contribution in [2.75, 3.05) is 54.6 Å². The van der Waals surface area contributed by atoms with Crippen LogP contribution in [0.15, 0.2) is 24.3 Å². The van der Waals surface area contributed by atoms with E-state index < -0.39 is 19.4 Å². The van der Waals surface area contributed by atoms with Crippen LogP contribution in [-0.4, -0.2) is 85.8 Å². The van der Waals surface area contributed by atoms with Gasteiger partial charge in [-0.3, -0.25) is 4.57 Å². The van der Waals surface area contributed by atoms with E-state index in [-0.39, 0.29) is 0 Å². The lowest BCUT2D eigenvalue weighted by Crippen LogP contribution is -2.40. The maximum Gasteiger partial charge on any atom is 0.333 e. The van der Waals surface area contributed by atoms with E-state index in [1.165, 1.54) is 103 Å². The maximum absolute atomic E-state index is 10.7. The number of hydrogen-bond acceptors (Lipinski definition) is 4. The van der Waals surface area contributed by atoms with Crippen LogP contribution in [-0.2, 0) is 14.0 Å². The van der Waals surface area contributed by atoms with Gasteiger partial charge in [-0.15, -0.1) is 0 Å². The van der Waals surface area contributed by atoms with Gasteiger partial charge in [0, 0.05) is 13.7 Å². The number of quaternary nitrogens is 1. The average Bonchev–Trinajstić information content (AvgIpc) is 2.88. The van der Waals surface area contributed by atoms with E-state index in [2.05, 4.69) is 31.2 Å². The molecule has 0 amide bonds. The molecule has 246 valence electrons. The highest BCUT2D eigenvalue weighted by Gasteiger charge is 2.28. The standard InChI is InChI=1S/C27H52O3.C6H16NO3P/c1-3-4-5-6-7-8-9-10-11-12-13-14-15-16-17-18-19-20-21-22-23-24-30-26-27(28)25-29-2;1-6(11(8,9)10)5-7(2,3)4/h6-7,18-19,27-28H,3-5,8-17,20-26H2,1-2H3;6H,5H2,1-4H3,(H-,8,9,10)/p+1/b7-6-,19-18-;/t27-;/m0./s1. The first-order valence-electron chi connectivity index (χ1n) is 16.3. The zero-order valence-corrected chi connectivity index (χ0v) is 28.7. The molecule has 3 N–H and O–H groups in total. The number of allylic oxidation sites excluding steroid dienone is 4. The second-order valence-electron chi connectivity index (χ2n) is 12.4. The molecule has 0 aromatic carbocycles. The first-order valence-corrected chi connectivity index (χ1v) is 18.0. The molecule has 0 aliphatic rings. The van der Waals surface area contributed by atoms with Crippen molar-refractivity contribution in [3.8, 4) is 0 Å². The highest BCUT2D eigenvalue weighted by Crippen LogP contribution is 2.41. The Morgan fingerprint density at radius 1 is 0.707 bits per heavy atom. The van der Waals surface area contributed by atoms with E-state index in [1.54, 1.807) is 14.0 Å². The highest BCUT2D eigenvalue weighted by molar-refractivity contribution is 7.52. The minimum absolute atomic E-state index is 0.349. The summed E-state index contributed by atoms with van der Waals surface area (Å²) in [6.07, 6.45) is 31.3. The summed E-state index contributed by atoms with van der Waals surface area (Å²) >= 11 is 0. The minimum atomic E-state index is -3.87. The first-order chi connectivity index (χ1) is 19.4. The molecular weight excluding hydrogens is 537 g/mol. The number of ether oxygens (including phenoxy) is 2. The van der Waals surface area contributed by atoms with Crippen molar-refractivity contribution in [1.82, 2.24) is 0 Å². The zero-order valence-electron chi connectivity index (χ0n) is 27.8. The van der Waals surface area contributed by atoms with Crippen LogP contribution in [0.4, 0.5) is 0 Å². The van der Waals surface area contributed by atoms with E-state index in [1.807, 2.05) is 21.1 Å². The second-order valence-corrected chi connectivity index (χ2v) is 14.5. The van der Waals surface area contributed by atoms with E-state index in [0.717, 1.165) is 13.0 Å². The Labute approximate surface area is 254 Å². The largest absolute Gasteiger partial charge is 0.388 e. The van der Waals surface area contributed by atoms with Gasteiger partial charge >= 0.3 is 7.60 Å². The fourth-order valence-electron chi connectivity index (χ4n) is 4.38. The number of aliphatic hydroxyl groups is 1. The molecule has 2 atom stereocenters. The summed E-state index contributed by atoms with van der Waals surface area (Å²) in [5.41, 5.74) is -0.553. The molecule has 0 bridgehead atoms. The zero-order chi connectivity index (χ0) is 31.2. The summed E-state index contributed by atoms with van der Waals surface area (Å²) in [7, 11) is 3.45. The molecule has 0 aromatic rings. The van der Waals surface area contributed by atoms with Crippen LogP contribution in [0.2, 0.25) is 0 Å². The number of aliphatic hydroxyl groups excluding tert-OH is 1. The SMILES string of the molecule is CC(C[N+](C)(C)C)P(=O)(O)O.CCCC/C=C\CCCCCCCCCC/C=C\CCCCCOC[C@@H](O)COC. The van der Waals surface area contributed by atoms with E-state index in [0.29, 0.717) is 24.2 Å². The molecular formula is C33H69NO6P+. The fraction of sp³-hybridized carbons (Fsp3) is 0.879. The number of hydrogen-bond donors (Lipinski definition) is 3. The Hall–Kier alpha value is -0.530. The number of nitrogens with zero attached hydrogens (tertiary/aromatic N) is 1. The van der Waals surface area contributed by atoms with Gasteiger partial charge in [0.2, 0.25) is 0 Å². The van der Waals surface area contributed by atoms with Gasteiger partial charge in [0.1, 0.15) is 11.8 Å². The third-order valence-electron chi connectivity index (χ3n) is 6.76. The second kappa shape index (κ2) is 29.5. The molecule has 0 aliphatic heterocycles. The smallest absolute Gasteiger partial charge is 0.333 e. The summed E-state index contributed by atoms with van der Waals surface area (Å²) < 4.78 is 21.6. The van der Waals surface area contributed by atoms with Crippen LogP contribution in [0, 0.1) is 0 Å². The lowest BCUT2D eigenvalue weighted by molar-refractivity contribution is -0.869. The minimum Gasteiger partial charge on any atom is -0.388 e. The monoisotopic (exact) mass is 606 g/mol. The Kier molecular flexibility index (Phi) is 30.7. The molecule has 41 heavy (non-hydrogen) atoms. The van der Waals surface area contributed by atoms with Crippen LogP contribution in [0.3, 0.4) is 0 Å². The first kappa shape index (κ1) is 42.6. The van der Waals surface area contributed by atoms with Crippen LogP contribution in [0.5, 0.6) is 0 Å². The molecule has 0 spiro atoms. The van der Waals surface area contributed by atoms with Crippen LogP contribution < -0.4 is 0 Å². The van der Waals surface area contributed by atoms with E-state index >= 15 is 0 Å². The summed E-state index contributed by atoms with van der Waals surface area (Å²) in [6, 6.07) is 0. The lowest BCUT2D eigenvalue weighted by atomic mass is 10.1. The van der Waals surface area contributed by atoms with E-state index in [4.69, 9.17) is 19.3 Å². The molecule has 0 fully saturated rings. The predicted molar refractivity (Wildman–Crippen MR) is 176 cm³/mol. The Balaban J connectivity index is 0. The fourth-order valence-corrected chi connectivity index (χ4v) is 5.08. The molecule has 0 heterocycles. The normalized spacial score (nSPS) is 14.0. The van der Waals surface area contributed by atoms with Crippen molar-refractivity contribution in [3.05, 3.63) is 24.3 Å². The summed E-state index contributed by atoms with van der Waals surface area (Å²) in [5, 5.41) is 9.46. The average molecular weight is 607 g/mol. The van der Waals surface area contributed by atoms with Crippen molar-refractivity contribution >= 4 is 7.60 Å². The molecule has 0 aromatic heterocycles. The summed E-state index contributed by atoms with van der Waals surface area (Å²) in [4.78, 5) is 17.5. The van der Waals surface area contributed by atoms with Gasteiger partial charge in [0.15, 0.2) is 0 Å². The van der Waals surface area contributed by atoms with Crippen molar-refractivity contribution in [2.45, 2.75) is 135 Å². The molecule has 0 saturated heterocycles. The Bertz CT molecular complexity index is 644. The predicted octanol–water partition coefficient (Wildman–Crippen LogP) is 8.03. The topological polar surface area (TPSA) is 96.2 Å². The Morgan fingerprint density at radius 2 is 1.12 bits per heavy atom. The van der Waals surface area contributed by atoms with Crippen LogP contribution in [0.1, 0.15) is 123 Å². The van der Waals surface area contributed by atoms with Crippen LogP contribution in [0.25, 0.3) is 0 Å². The van der Waals surface area contributed by atoms with Gasteiger partial charge in [0.25, 0.3) is 0 Å². The van der Waals surface area contributed by atoms with Gasteiger partial charge in [0.05, 0.1) is 40.9 Å². The maximum atomic E-state index is 10.7. The lowest BCUT2D eigenvalue weighted by Gasteiger charge is -2.27. The molecule has 0 aliphatic carbocycles. The molecule has 1 unspecified atom stereocenters. The molecule has 0 saturated carbocycles. The van der Waals surface area contributed by atoms with Crippen molar-refractivity contribution < 1.29 is 33.4 Å². The molecule has 0 radical (unpaired) electrons. The van der Waals surface area contributed by atoms with Gasteiger partial charge in [-0.1, -0.05) is 89.0 Å². The van der Waals surface area contributed by atoms with E-state index in [9.17, 15) is 9.67 Å². The van der Waals surface area contributed by atoms with Crippen molar-refractivity contribution in [2.24, 2.45) is 0 Å². The van der Waals surface area contributed by atoms with Crippen molar-refractivity contribution in [3.63, 3.8) is 0 Å². The summed E-state index contributed by atoms with van der Waals surface area (Å²) in [5.74, 6) is 0. The quantitative estimate of drug-likeness (QED) is 0.0379. The van der Waals surface area contributed by atoms with Gasteiger partial charge in [-0.25, -0.2) is 0 Å². The van der Waals surface area contributed by atoms with Gasteiger partial charge in [-0.2, -0.15) is 0 Å². The van der Waals surface area contributed by atoms with Crippen molar-refractivity contribution in [1.29, 1.82) is 0 Å². The van der Waals surface area contributed by atoms with Gasteiger partial charge < -0.3 is 28.9 Å². The molecule has 0 rings (SSSR count). The third-order valence-corrected chi connectivity index (χ3v) is 8.08. The molecule has 8 heteroatoms. The van der Waals surface area contributed by atoms with Gasteiger partial charge in [-0.05, 0) is 58.3 Å².